The summed E-state index contributed by atoms with van der Waals surface area (Å²) in [4.78, 5) is 0. The van der Waals surface area contributed by atoms with E-state index in [9.17, 15) is 5.11 Å². The first kappa shape index (κ1) is 17.7. The van der Waals surface area contributed by atoms with E-state index in [0.717, 1.165) is 10.8 Å². The third-order valence-corrected chi connectivity index (χ3v) is 6.11. The summed E-state index contributed by atoms with van der Waals surface area (Å²) in [6.45, 7) is 0. The van der Waals surface area contributed by atoms with Crippen molar-refractivity contribution in [3.8, 4) is 28.0 Å². The van der Waals surface area contributed by atoms with Crippen molar-refractivity contribution in [3.63, 3.8) is 0 Å². The Bertz CT molecular complexity index is 1520. The van der Waals surface area contributed by atoms with Crippen LogP contribution in [0.25, 0.3) is 54.6 Å². The van der Waals surface area contributed by atoms with Gasteiger partial charge in [0.1, 0.15) is 5.75 Å². The fourth-order valence-corrected chi connectivity index (χ4v) is 4.74. The topological polar surface area (TPSA) is 20.2 Å². The van der Waals surface area contributed by atoms with E-state index in [0.29, 0.717) is 5.75 Å². The molecule has 0 amide bonds. The number of hydrogen-bond acceptors (Lipinski definition) is 1. The molecule has 0 fully saturated rings. The second-order valence-electron chi connectivity index (χ2n) is 7.95. The van der Waals surface area contributed by atoms with Crippen LogP contribution < -0.4 is 0 Å². The highest BCUT2D eigenvalue weighted by molar-refractivity contribution is 6.21. The van der Waals surface area contributed by atoms with Gasteiger partial charge in [-0.05, 0) is 72.8 Å². The van der Waals surface area contributed by atoms with E-state index >= 15 is 0 Å². The first-order valence-corrected chi connectivity index (χ1v) is 10.5. The zero-order valence-corrected chi connectivity index (χ0v) is 16.9. The van der Waals surface area contributed by atoms with Crippen LogP contribution in [0.15, 0.2) is 115 Å². The average Bonchev–Trinajstić information content (AvgIpc) is 2.82. The van der Waals surface area contributed by atoms with Gasteiger partial charge >= 0.3 is 0 Å². The summed E-state index contributed by atoms with van der Waals surface area (Å²) < 4.78 is 0. The van der Waals surface area contributed by atoms with Crippen molar-refractivity contribution in [2.24, 2.45) is 0 Å². The zero-order valence-electron chi connectivity index (χ0n) is 16.9. The van der Waals surface area contributed by atoms with E-state index in [4.69, 9.17) is 0 Å². The van der Waals surface area contributed by atoms with Gasteiger partial charge in [-0.2, -0.15) is 0 Å². The fraction of sp³-hybridized carbons (Fsp3) is 0. The van der Waals surface area contributed by atoms with E-state index in [2.05, 4.69) is 97.1 Å². The van der Waals surface area contributed by atoms with Gasteiger partial charge < -0.3 is 5.11 Å². The van der Waals surface area contributed by atoms with Gasteiger partial charge in [0, 0.05) is 0 Å². The van der Waals surface area contributed by atoms with Gasteiger partial charge in [0.15, 0.2) is 0 Å². The summed E-state index contributed by atoms with van der Waals surface area (Å²) in [6, 6.07) is 40.1. The molecule has 1 N–H and O–H groups in total. The largest absolute Gasteiger partial charge is 0.508 e. The lowest BCUT2D eigenvalue weighted by Crippen LogP contribution is -1.90. The summed E-state index contributed by atoms with van der Waals surface area (Å²) in [5.41, 5.74) is 4.95. The molecule has 31 heavy (non-hydrogen) atoms. The first-order valence-electron chi connectivity index (χ1n) is 10.5. The predicted octanol–water partition coefficient (Wildman–Crippen LogP) is 8.19. The van der Waals surface area contributed by atoms with Crippen LogP contribution in [0.5, 0.6) is 5.75 Å². The molecule has 0 radical (unpaired) electrons. The van der Waals surface area contributed by atoms with E-state index in [1.165, 1.54) is 43.8 Å². The highest BCUT2D eigenvalue weighted by atomic mass is 16.3. The number of fused-ring (bicyclic) bond motifs is 3. The molecule has 0 unspecified atom stereocenters. The number of aromatic hydroxyl groups is 1. The Labute approximate surface area is 180 Å². The minimum atomic E-state index is 0.295. The standard InChI is InChI=1S/C30H20O/c31-24-17-16-21-18-23(15-14-22(21)19-24)30-27-12-6-4-10-25(27)29(20-8-2-1-3-9-20)26-11-5-7-13-28(26)30/h1-19,31H. The van der Waals surface area contributed by atoms with Gasteiger partial charge in [-0.15, -0.1) is 0 Å². The van der Waals surface area contributed by atoms with E-state index in [1.807, 2.05) is 12.1 Å². The number of benzene rings is 6. The number of phenolic OH excluding ortho intramolecular Hbond substituents is 1. The molecule has 0 aliphatic rings. The summed E-state index contributed by atoms with van der Waals surface area (Å²) in [6.07, 6.45) is 0. The third kappa shape index (κ3) is 2.86. The molecule has 1 nitrogen and oxygen atoms in total. The quantitative estimate of drug-likeness (QED) is 0.293. The second-order valence-corrected chi connectivity index (χ2v) is 7.95. The fourth-order valence-electron chi connectivity index (χ4n) is 4.74. The molecule has 6 rings (SSSR count). The number of hydrogen-bond donors (Lipinski definition) is 1. The van der Waals surface area contributed by atoms with Gasteiger partial charge in [-0.1, -0.05) is 97.1 Å². The normalized spacial score (nSPS) is 11.4. The number of rotatable bonds is 2. The van der Waals surface area contributed by atoms with E-state index < -0.39 is 0 Å². The molecule has 0 saturated heterocycles. The minimum Gasteiger partial charge on any atom is -0.508 e. The molecule has 0 heterocycles. The van der Waals surface area contributed by atoms with Crippen molar-refractivity contribution in [2.75, 3.05) is 0 Å². The molecule has 6 aromatic carbocycles. The van der Waals surface area contributed by atoms with Crippen molar-refractivity contribution in [1.82, 2.24) is 0 Å². The van der Waals surface area contributed by atoms with Crippen molar-refractivity contribution < 1.29 is 5.11 Å². The molecule has 1 heteroatoms. The summed E-state index contributed by atoms with van der Waals surface area (Å²) in [5.74, 6) is 0.295. The molecule has 6 aromatic rings. The summed E-state index contributed by atoms with van der Waals surface area (Å²) in [5, 5.41) is 17.0. The van der Waals surface area contributed by atoms with E-state index in [-0.39, 0.29) is 0 Å². The molecule has 0 saturated carbocycles. The van der Waals surface area contributed by atoms with Crippen LogP contribution in [0.1, 0.15) is 0 Å². The van der Waals surface area contributed by atoms with Crippen molar-refractivity contribution in [2.45, 2.75) is 0 Å². The highest BCUT2D eigenvalue weighted by Crippen LogP contribution is 2.43. The number of phenols is 1. The Morgan fingerprint density at radius 3 is 1.48 bits per heavy atom. The smallest absolute Gasteiger partial charge is 0.116 e. The molecule has 0 aliphatic heterocycles. The Balaban J connectivity index is 1.76. The van der Waals surface area contributed by atoms with Crippen LogP contribution in [0.4, 0.5) is 0 Å². The van der Waals surface area contributed by atoms with Crippen molar-refractivity contribution >= 4 is 32.3 Å². The maximum absolute atomic E-state index is 9.84. The maximum atomic E-state index is 9.84. The molecule has 0 aliphatic carbocycles. The van der Waals surface area contributed by atoms with Crippen LogP contribution in [0.3, 0.4) is 0 Å². The lowest BCUT2D eigenvalue weighted by Gasteiger charge is -2.18. The second kappa shape index (κ2) is 7.00. The van der Waals surface area contributed by atoms with Crippen molar-refractivity contribution in [3.05, 3.63) is 115 Å². The first-order chi connectivity index (χ1) is 15.3. The molecular weight excluding hydrogens is 376 g/mol. The van der Waals surface area contributed by atoms with Gasteiger partial charge in [-0.25, -0.2) is 0 Å². The monoisotopic (exact) mass is 396 g/mol. The Kier molecular flexibility index (Phi) is 4.00. The lowest BCUT2D eigenvalue weighted by atomic mass is 9.85. The highest BCUT2D eigenvalue weighted by Gasteiger charge is 2.16. The zero-order chi connectivity index (χ0) is 20.8. The molecule has 146 valence electrons. The van der Waals surface area contributed by atoms with Crippen LogP contribution >= 0.6 is 0 Å². The minimum absolute atomic E-state index is 0.295. The van der Waals surface area contributed by atoms with Gasteiger partial charge in [0.05, 0.1) is 0 Å². The van der Waals surface area contributed by atoms with Gasteiger partial charge in [0.25, 0.3) is 0 Å². The Morgan fingerprint density at radius 2 is 0.871 bits per heavy atom. The predicted molar refractivity (Wildman–Crippen MR) is 131 cm³/mol. The SMILES string of the molecule is Oc1ccc2cc(-c3c4ccccc4c(-c4ccccc4)c4ccccc34)ccc2c1. The average molecular weight is 396 g/mol. The van der Waals surface area contributed by atoms with Crippen LogP contribution in [0.2, 0.25) is 0 Å². The van der Waals surface area contributed by atoms with Crippen molar-refractivity contribution in [1.29, 1.82) is 0 Å². The molecule has 0 spiro atoms. The molecular formula is C30H20O. The van der Waals surface area contributed by atoms with E-state index in [1.54, 1.807) is 6.07 Å². The molecule has 0 bridgehead atoms. The Hall–Kier alpha value is -4.10. The van der Waals surface area contributed by atoms with Gasteiger partial charge in [0.2, 0.25) is 0 Å². The van der Waals surface area contributed by atoms with Crippen LogP contribution in [0, 0.1) is 0 Å². The maximum Gasteiger partial charge on any atom is 0.116 e. The third-order valence-electron chi connectivity index (χ3n) is 6.11. The summed E-state index contributed by atoms with van der Waals surface area (Å²) in [7, 11) is 0. The van der Waals surface area contributed by atoms with Crippen LogP contribution in [-0.2, 0) is 0 Å². The molecule has 0 aromatic heterocycles. The molecule has 0 atom stereocenters. The summed E-state index contributed by atoms with van der Waals surface area (Å²) >= 11 is 0. The van der Waals surface area contributed by atoms with Crippen LogP contribution in [-0.4, -0.2) is 5.11 Å². The lowest BCUT2D eigenvalue weighted by molar-refractivity contribution is 0.476. The Morgan fingerprint density at radius 1 is 0.387 bits per heavy atom. The van der Waals surface area contributed by atoms with Gasteiger partial charge in [-0.3, -0.25) is 0 Å².